The van der Waals surface area contributed by atoms with E-state index in [1.54, 1.807) is 0 Å². The number of benzene rings is 1. The summed E-state index contributed by atoms with van der Waals surface area (Å²) in [5.74, 6) is 1.83. The molecule has 1 N–H and O–H groups in total. The predicted octanol–water partition coefficient (Wildman–Crippen LogP) is 3.72. The smallest absolute Gasteiger partial charge is 0.225 e. The van der Waals surface area contributed by atoms with Crippen molar-refractivity contribution < 1.29 is 4.79 Å². The molecule has 1 aromatic heterocycles. The molecule has 4 rings (SSSR count). The number of imidazole rings is 1. The van der Waals surface area contributed by atoms with Gasteiger partial charge in [-0.05, 0) is 44.7 Å². The number of piperidine rings is 1. The van der Waals surface area contributed by atoms with Gasteiger partial charge in [-0.1, -0.05) is 31.4 Å². The highest BCUT2D eigenvalue weighted by atomic mass is 16.2. The Labute approximate surface area is 162 Å². The molecule has 1 aliphatic heterocycles. The van der Waals surface area contributed by atoms with E-state index >= 15 is 0 Å². The Balaban J connectivity index is 1.30. The molecule has 2 aliphatic rings. The fourth-order valence-electron chi connectivity index (χ4n) is 4.76. The summed E-state index contributed by atoms with van der Waals surface area (Å²) in [6.07, 6.45) is 8.06. The molecule has 1 amide bonds. The molecule has 0 bridgehead atoms. The molecule has 2 aromatic rings. The van der Waals surface area contributed by atoms with Crippen molar-refractivity contribution in [3.8, 4) is 0 Å². The molecular weight excluding hydrogens is 336 g/mol. The van der Waals surface area contributed by atoms with E-state index in [-0.39, 0.29) is 0 Å². The fourth-order valence-corrected chi connectivity index (χ4v) is 4.76. The third kappa shape index (κ3) is 4.03. The molecule has 146 valence electrons. The number of carbonyl (C=O) groups is 1. The second kappa shape index (κ2) is 8.42. The van der Waals surface area contributed by atoms with E-state index in [4.69, 9.17) is 4.98 Å². The van der Waals surface area contributed by atoms with Gasteiger partial charge < -0.3 is 14.8 Å². The van der Waals surface area contributed by atoms with E-state index < -0.39 is 0 Å². The van der Waals surface area contributed by atoms with Crippen LogP contribution in [-0.4, -0.2) is 39.5 Å². The second-order valence-electron chi connectivity index (χ2n) is 8.08. The van der Waals surface area contributed by atoms with Crippen LogP contribution in [0.15, 0.2) is 24.3 Å². The van der Waals surface area contributed by atoms with Crippen molar-refractivity contribution in [1.82, 2.24) is 19.8 Å². The van der Waals surface area contributed by atoms with Gasteiger partial charge in [-0.25, -0.2) is 4.98 Å². The van der Waals surface area contributed by atoms with Gasteiger partial charge in [0.05, 0.1) is 17.6 Å². The lowest BCUT2D eigenvalue weighted by atomic mass is 9.87. The molecule has 5 heteroatoms. The van der Waals surface area contributed by atoms with E-state index in [0.717, 1.165) is 63.2 Å². The minimum absolute atomic E-state index is 0.299. The lowest BCUT2D eigenvalue weighted by Crippen LogP contribution is -2.47. The maximum Gasteiger partial charge on any atom is 0.225 e. The number of fused-ring (bicyclic) bond motifs is 1. The molecule has 1 aromatic carbocycles. The zero-order valence-electron chi connectivity index (χ0n) is 16.5. The Bertz CT molecular complexity index is 770. The van der Waals surface area contributed by atoms with Crippen LogP contribution in [0.2, 0.25) is 0 Å². The van der Waals surface area contributed by atoms with Crippen molar-refractivity contribution >= 4 is 16.9 Å². The molecule has 0 atom stereocenters. The minimum Gasteiger partial charge on any atom is -0.342 e. The normalized spacial score (nSPS) is 19.7. The van der Waals surface area contributed by atoms with Crippen molar-refractivity contribution in [1.29, 1.82) is 0 Å². The number of carbonyl (C=O) groups excluding carboxylic acids is 1. The minimum atomic E-state index is 0.299. The van der Waals surface area contributed by atoms with Crippen molar-refractivity contribution in [2.24, 2.45) is 5.92 Å². The van der Waals surface area contributed by atoms with E-state index in [2.05, 4.69) is 39.9 Å². The summed E-state index contributed by atoms with van der Waals surface area (Å²) in [6.45, 7) is 5.71. The second-order valence-corrected chi connectivity index (χ2v) is 8.08. The highest BCUT2D eigenvalue weighted by Crippen LogP contribution is 2.26. The number of aromatic nitrogens is 2. The van der Waals surface area contributed by atoms with Gasteiger partial charge in [-0.15, -0.1) is 0 Å². The summed E-state index contributed by atoms with van der Waals surface area (Å²) in [5, 5.41) is 3.69. The average Bonchev–Trinajstić information content (AvgIpc) is 3.10. The predicted molar refractivity (Wildman–Crippen MR) is 108 cm³/mol. The highest BCUT2D eigenvalue weighted by molar-refractivity contribution is 5.79. The average molecular weight is 369 g/mol. The van der Waals surface area contributed by atoms with Gasteiger partial charge in [0.2, 0.25) is 5.91 Å². The van der Waals surface area contributed by atoms with Crippen LogP contribution in [0.1, 0.15) is 57.7 Å². The molecule has 0 unspecified atom stereocenters. The van der Waals surface area contributed by atoms with Gasteiger partial charge >= 0.3 is 0 Å². The molecule has 2 heterocycles. The van der Waals surface area contributed by atoms with Crippen LogP contribution in [0.3, 0.4) is 0 Å². The van der Waals surface area contributed by atoms with Crippen molar-refractivity contribution in [2.75, 3.05) is 13.1 Å². The Morgan fingerprint density at radius 1 is 1.11 bits per heavy atom. The molecule has 5 nitrogen and oxygen atoms in total. The maximum absolute atomic E-state index is 12.7. The van der Waals surface area contributed by atoms with Gasteiger partial charge in [0, 0.05) is 31.6 Å². The van der Waals surface area contributed by atoms with E-state index in [0.29, 0.717) is 17.9 Å². The summed E-state index contributed by atoms with van der Waals surface area (Å²) in [6, 6.07) is 8.83. The van der Waals surface area contributed by atoms with Crippen LogP contribution in [0.5, 0.6) is 0 Å². The number of likely N-dealkylation sites (tertiary alicyclic amines) is 1. The number of nitrogens with one attached hydrogen (secondary N) is 1. The van der Waals surface area contributed by atoms with Crippen LogP contribution in [0, 0.1) is 5.92 Å². The Morgan fingerprint density at radius 3 is 2.59 bits per heavy atom. The molecular formula is C22H32N4O. The van der Waals surface area contributed by atoms with Crippen LogP contribution in [0.4, 0.5) is 0 Å². The lowest BCUT2D eigenvalue weighted by molar-refractivity contribution is -0.137. The molecule has 0 spiro atoms. The number of para-hydroxylation sites is 2. The van der Waals surface area contributed by atoms with Gasteiger partial charge in [-0.3, -0.25) is 4.79 Å². The van der Waals surface area contributed by atoms with Crippen LogP contribution >= 0.6 is 0 Å². The molecule has 27 heavy (non-hydrogen) atoms. The summed E-state index contributed by atoms with van der Waals surface area (Å²) in [4.78, 5) is 19.6. The van der Waals surface area contributed by atoms with Crippen molar-refractivity contribution in [2.45, 2.75) is 71.0 Å². The van der Waals surface area contributed by atoms with Crippen LogP contribution in [-0.2, 0) is 17.9 Å². The summed E-state index contributed by atoms with van der Waals surface area (Å²) in [7, 11) is 0. The van der Waals surface area contributed by atoms with E-state index in [1.807, 2.05) is 6.07 Å². The first-order chi connectivity index (χ1) is 13.3. The molecule has 2 fully saturated rings. The molecule has 1 aliphatic carbocycles. The quantitative estimate of drug-likeness (QED) is 0.875. The number of hydrogen-bond donors (Lipinski definition) is 1. The first kappa shape index (κ1) is 18.5. The van der Waals surface area contributed by atoms with E-state index in [1.165, 1.54) is 24.8 Å². The van der Waals surface area contributed by atoms with Crippen molar-refractivity contribution in [3.63, 3.8) is 0 Å². The lowest BCUT2D eigenvalue weighted by Gasteiger charge is -2.35. The fraction of sp³-hybridized carbons (Fsp3) is 0.636. The van der Waals surface area contributed by atoms with Crippen LogP contribution in [0.25, 0.3) is 11.0 Å². The third-order valence-corrected chi connectivity index (χ3v) is 6.36. The monoisotopic (exact) mass is 368 g/mol. The zero-order valence-corrected chi connectivity index (χ0v) is 16.5. The SMILES string of the molecule is CCn1c(CNC2CCN(C(=O)C3CCCCC3)CC2)nc2ccccc21. The highest BCUT2D eigenvalue weighted by Gasteiger charge is 2.29. The molecule has 0 radical (unpaired) electrons. The maximum atomic E-state index is 12.7. The third-order valence-electron chi connectivity index (χ3n) is 6.36. The number of hydrogen-bond acceptors (Lipinski definition) is 3. The van der Waals surface area contributed by atoms with Gasteiger partial charge in [0.15, 0.2) is 0 Å². The topological polar surface area (TPSA) is 50.2 Å². The summed E-state index contributed by atoms with van der Waals surface area (Å²) >= 11 is 0. The Morgan fingerprint density at radius 2 is 1.85 bits per heavy atom. The Kier molecular flexibility index (Phi) is 5.77. The van der Waals surface area contributed by atoms with Crippen LogP contribution < -0.4 is 5.32 Å². The van der Waals surface area contributed by atoms with Gasteiger partial charge in [0.25, 0.3) is 0 Å². The first-order valence-electron chi connectivity index (χ1n) is 10.7. The molecule has 1 saturated heterocycles. The summed E-state index contributed by atoms with van der Waals surface area (Å²) < 4.78 is 2.30. The largest absolute Gasteiger partial charge is 0.342 e. The Hall–Kier alpha value is -1.88. The standard InChI is InChI=1S/C22H32N4O/c1-2-26-20-11-7-6-10-19(20)24-21(26)16-23-18-12-14-25(15-13-18)22(27)17-8-4-3-5-9-17/h6-7,10-11,17-18,23H,2-5,8-9,12-16H2,1H3. The number of aryl methyl sites for hydroxylation is 1. The van der Waals surface area contributed by atoms with Crippen molar-refractivity contribution in [3.05, 3.63) is 30.1 Å². The summed E-state index contributed by atoms with van der Waals surface area (Å²) in [5.41, 5.74) is 2.29. The molecule has 1 saturated carbocycles. The van der Waals surface area contributed by atoms with E-state index in [9.17, 15) is 4.79 Å². The number of rotatable bonds is 5. The zero-order chi connectivity index (χ0) is 18.6. The van der Waals surface area contributed by atoms with Gasteiger partial charge in [0.1, 0.15) is 5.82 Å². The first-order valence-corrected chi connectivity index (χ1v) is 10.7. The van der Waals surface area contributed by atoms with Gasteiger partial charge in [-0.2, -0.15) is 0 Å². The number of nitrogens with zero attached hydrogens (tertiary/aromatic N) is 3. The number of amides is 1.